The number of carbonyl (C=O) groups is 1. The van der Waals surface area contributed by atoms with Gasteiger partial charge in [0, 0.05) is 6.54 Å². The van der Waals surface area contributed by atoms with E-state index < -0.39 is 5.82 Å². The molecule has 0 saturated heterocycles. The molecule has 3 nitrogen and oxygen atoms in total. The molecular weight excluding hydrogens is 231 g/mol. The van der Waals surface area contributed by atoms with Crippen LogP contribution in [0.15, 0.2) is 18.2 Å². The van der Waals surface area contributed by atoms with Crippen LogP contribution in [0.1, 0.15) is 43.0 Å². The zero-order chi connectivity index (χ0) is 13.2. The molecule has 2 rings (SSSR count). The van der Waals surface area contributed by atoms with E-state index in [9.17, 15) is 9.18 Å². The molecule has 1 aliphatic carbocycles. The standard InChI is InChI=1S/C14H19FN2O/c1-14(7-2-3-8-14)9-17-13(18)10-5-4-6-11(15)12(10)16/h4-6H,2-3,7-9,16H2,1H3,(H,17,18). The molecular formula is C14H19FN2O. The Morgan fingerprint density at radius 3 is 2.78 bits per heavy atom. The summed E-state index contributed by atoms with van der Waals surface area (Å²) in [5, 5.41) is 2.86. The molecule has 1 aromatic carbocycles. The van der Waals surface area contributed by atoms with Crippen molar-refractivity contribution in [1.82, 2.24) is 5.32 Å². The van der Waals surface area contributed by atoms with Gasteiger partial charge in [-0.05, 0) is 30.4 Å². The summed E-state index contributed by atoms with van der Waals surface area (Å²) < 4.78 is 13.3. The van der Waals surface area contributed by atoms with Crippen molar-refractivity contribution in [3.05, 3.63) is 29.6 Å². The maximum Gasteiger partial charge on any atom is 0.253 e. The third-order valence-electron chi connectivity index (χ3n) is 3.78. The van der Waals surface area contributed by atoms with Crippen LogP contribution in [0.4, 0.5) is 10.1 Å². The first-order chi connectivity index (χ1) is 8.52. The minimum absolute atomic E-state index is 0.0772. The van der Waals surface area contributed by atoms with Crippen LogP contribution in [-0.4, -0.2) is 12.5 Å². The molecule has 0 atom stereocenters. The lowest BCUT2D eigenvalue weighted by atomic mass is 9.89. The van der Waals surface area contributed by atoms with Crippen molar-refractivity contribution in [2.24, 2.45) is 5.41 Å². The molecule has 1 saturated carbocycles. The Bertz CT molecular complexity index is 453. The zero-order valence-electron chi connectivity index (χ0n) is 10.6. The molecule has 1 fully saturated rings. The first-order valence-electron chi connectivity index (χ1n) is 6.34. The number of hydrogen-bond acceptors (Lipinski definition) is 2. The molecule has 3 N–H and O–H groups in total. The summed E-state index contributed by atoms with van der Waals surface area (Å²) in [4.78, 5) is 12.0. The fourth-order valence-electron chi connectivity index (χ4n) is 2.53. The quantitative estimate of drug-likeness (QED) is 0.810. The number of nitrogen functional groups attached to an aromatic ring is 1. The second kappa shape index (κ2) is 4.96. The molecule has 4 heteroatoms. The Balaban J connectivity index is 2.01. The maximum atomic E-state index is 13.3. The normalized spacial score (nSPS) is 17.7. The van der Waals surface area contributed by atoms with Crippen molar-refractivity contribution in [3.63, 3.8) is 0 Å². The van der Waals surface area contributed by atoms with Gasteiger partial charge in [0.05, 0.1) is 11.3 Å². The van der Waals surface area contributed by atoms with Crippen molar-refractivity contribution in [2.45, 2.75) is 32.6 Å². The summed E-state index contributed by atoms with van der Waals surface area (Å²) in [7, 11) is 0. The SMILES string of the molecule is CC1(CNC(=O)c2cccc(F)c2N)CCCC1. The molecule has 1 aliphatic rings. The smallest absolute Gasteiger partial charge is 0.253 e. The van der Waals surface area contributed by atoms with Crippen molar-refractivity contribution < 1.29 is 9.18 Å². The van der Waals surface area contributed by atoms with E-state index in [4.69, 9.17) is 5.73 Å². The molecule has 0 heterocycles. The number of carbonyl (C=O) groups excluding carboxylic acids is 1. The lowest BCUT2D eigenvalue weighted by molar-refractivity contribution is 0.0935. The average Bonchev–Trinajstić information content (AvgIpc) is 2.77. The largest absolute Gasteiger partial charge is 0.396 e. The summed E-state index contributed by atoms with van der Waals surface area (Å²) >= 11 is 0. The van der Waals surface area contributed by atoms with E-state index in [-0.39, 0.29) is 22.6 Å². The third-order valence-corrected chi connectivity index (χ3v) is 3.78. The number of benzene rings is 1. The molecule has 0 aromatic heterocycles. The van der Waals surface area contributed by atoms with Crippen LogP contribution < -0.4 is 11.1 Å². The number of rotatable bonds is 3. The average molecular weight is 250 g/mol. The van der Waals surface area contributed by atoms with Crippen LogP contribution >= 0.6 is 0 Å². The van der Waals surface area contributed by atoms with E-state index in [1.807, 2.05) is 0 Å². The van der Waals surface area contributed by atoms with Crippen LogP contribution in [0.5, 0.6) is 0 Å². The Kier molecular flexibility index (Phi) is 3.55. The highest BCUT2D eigenvalue weighted by atomic mass is 19.1. The summed E-state index contributed by atoms with van der Waals surface area (Å²) in [5.74, 6) is -0.838. The van der Waals surface area contributed by atoms with Gasteiger partial charge in [-0.15, -0.1) is 0 Å². The van der Waals surface area contributed by atoms with E-state index in [0.717, 1.165) is 12.8 Å². The van der Waals surface area contributed by atoms with Crippen molar-refractivity contribution in [1.29, 1.82) is 0 Å². The van der Waals surface area contributed by atoms with Crippen LogP contribution in [-0.2, 0) is 0 Å². The van der Waals surface area contributed by atoms with Gasteiger partial charge in [-0.25, -0.2) is 4.39 Å². The topological polar surface area (TPSA) is 55.1 Å². The monoisotopic (exact) mass is 250 g/mol. The van der Waals surface area contributed by atoms with Crippen molar-refractivity contribution >= 4 is 11.6 Å². The van der Waals surface area contributed by atoms with E-state index >= 15 is 0 Å². The predicted octanol–water partition coefficient (Wildman–Crippen LogP) is 2.72. The number of halogens is 1. The Morgan fingerprint density at radius 1 is 1.44 bits per heavy atom. The fraction of sp³-hybridized carbons (Fsp3) is 0.500. The first kappa shape index (κ1) is 12.9. The Morgan fingerprint density at radius 2 is 2.11 bits per heavy atom. The summed E-state index contributed by atoms with van der Waals surface area (Å²) in [5.41, 5.74) is 5.88. The van der Waals surface area contributed by atoms with Gasteiger partial charge in [0.15, 0.2) is 0 Å². The molecule has 18 heavy (non-hydrogen) atoms. The highest BCUT2D eigenvalue weighted by Crippen LogP contribution is 2.36. The highest BCUT2D eigenvalue weighted by molar-refractivity contribution is 5.99. The zero-order valence-corrected chi connectivity index (χ0v) is 10.6. The van der Waals surface area contributed by atoms with E-state index in [1.165, 1.54) is 25.0 Å². The number of para-hydroxylation sites is 1. The molecule has 1 amide bonds. The lowest BCUT2D eigenvalue weighted by Gasteiger charge is -2.23. The minimum atomic E-state index is -0.547. The van der Waals surface area contributed by atoms with Gasteiger partial charge in [0.1, 0.15) is 5.82 Å². The van der Waals surface area contributed by atoms with Crippen LogP contribution in [0.2, 0.25) is 0 Å². The van der Waals surface area contributed by atoms with Gasteiger partial charge in [0.2, 0.25) is 0 Å². The van der Waals surface area contributed by atoms with Gasteiger partial charge in [0.25, 0.3) is 5.91 Å². The van der Waals surface area contributed by atoms with Crippen molar-refractivity contribution in [3.8, 4) is 0 Å². The van der Waals surface area contributed by atoms with Crippen LogP contribution in [0.25, 0.3) is 0 Å². The van der Waals surface area contributed by atoms with Gasteiger partial charge >= 0.3 is 0 Å². The first-order valence-corrected chi connectivity index (χ1v) is 6.34. The molecule has 0 radical (unpaired) electrons. The van der Waals surface area contributed by atoms with E-state index in [2.05, 4.69) is 12.2 Å². The Hall–Kier alpha value is -1.58. The van der Waals surface area contributed by atoms with Gasteiger partial charge < -0.3 is 11.1 Å². The second-order valence-corrected chi connectivity index (χ2v) is 5.40. The number of anilines is 1. The van der Waals surface area contributed by atoms with Gasteiger partial charge in [-0.3, -0.25) is 4.79 Å². The molecule has 0 aliphatic heterocycles. The predicted molar refractivity (Wildman–Crippen MR) is 69.7 cm³/mol. The summed E-state index contributed by atoms with van der Waals surface area (Å²) in [6.45, 7) is 2.80. The van der Waals surface area contributed by atoms with Crippen LogP contribution in [0.3, 0.4) is 0 Å². The molecule has 0 unspecified atom stereocenters. The van der Waals surface area contributed by atoms with Gasteiger partial charge in [-0.1, -0.05) is 25.8 Å². The lowest BCUT2D eigenvalue weighted by Crippen LogP contribution is -2.34. The van der Waals surface area contributed by atoms with E-state index in [1.54, 1.807) is 6.07 Å². The van der Waals surface area contributed by atoms with Crippen LogP contribution in [0, 0.1) is 11.2 Å². The number of hydrogen-bond donors (Lipinski definition) is 2. The Labute approximate surface area is 107 Å². The van der Waals surface area contributed by atoms with Crippen molar-refractivity contribution in [2.75, 3.05) is 12.3 Å². The fourth-order valence-corrected chi connectivity index (χ4v) is 2.53. The minimum Gasteiger partial charge on any atom is -0.396 e. The molecule has 98 valence electrons. The number of nitrogens with one attached hydrogen (secondary N) is 1. The summed E-state index contributed by atoms with van der Waals surface area (Å²) in [6.07, 6.45) is 4.70. The molecule has 0 bridgehead atoms. The highest BCUT2D eigenvalue weighted by Gasteiger charge is 2.29. The summed E-state index contributed by atoms with van der Waals surface area (Å²) in [6, 6.07) is 4.30. The maximum absolute atomic E-state index is 13.3. The number of amides is 1. The molecule has 1 aromatic rings. The molecule has 0 spiro atoms. The number of nitrogens with two attached hydrogens (primary N) is 1. The van der Waals surface area contributed by atoms with E-state index in [0.29, 0.717) is 6.54 Å². The second-order valence-electron chi connectivity index (χ2n) is 5.40. The third kappa shape index (κ3) is 2.63. The van der Waals surface area contributed by atoms with Gasteiger partial charge in [-0.2, -0.15) is 0 Å².